The van der Waals surface area contributed by atoms with Crippen LogP contribution in [0.1, 0.15) is 59.1 Å². The van der Waals surface area contributed by atoms with Crippen molar-refractivity contribution in [2.45, 2.75) is 63.2 Å². The molecule has 4 N–H and O–H groups in total. The molecule has 6 heterocycles. The molecule has 0 spiro atoms. The number of benzene rings is 4. The number of carbonyl (C=O) groups excluding carboxylic acids is 2. The van der Waals surface area contributed by atoms with Gasteiger partial charge in [-0.2, -0.15) is 0 Å². The number of urea groups is 2. The molecule has 2 saturated heterocycles. The Morgan fingerprint density at radius 2 is 0.676 bits per heavy atom. The van der Waals surface area contributed by atoms with Crippen LogP contribution >= 0.6 is 0 Å². The average Bonchev–Trinajstić information content (AvgIpc) is 3.56. The first-order valence-corrected chi connectivity index (χ1v) is 26.8. The van der Waals surface area contributed by atoms with Gasteiger partial charge < -0.3 is 49.4 Å². The van der Waals surface area contributed by atoms with Gasteiger partial charge in [-0.3, -0.25) is 29.4 Å². The highest BCUT2D eigenvalue weighted by molar-refractivity contribution is 5.91. The topological polar surface area (TPSA) is 179 Å². The van der Waals surface area contributed by atoms with E-state index < -0.39 is 11.3 Å². The van der Waals surface area contributed by atoms with Crippen molar-refractivity contribution in [3.05, 3.63) is 118 Å². The van der Waals surface area contributed by atoms with Gasteiger partial charge in [-0.1, -0.05) is 60.7 Å². The van der Waals surface area contributed by atoms with Crippen LogP contribution in [0.25, 0.3) is 0 Å². The molecule has 8 bridgehead atoms. The molecule has 0 radical (unpaired) electrons. The van der Waals surface area contributed by atoms with Crippen molar-refractivity contribution < 1.29 is 47.5 Å². The molecule has 6 aliphatic heterocycles. The van der Waals surface area contributed by atoms with E-state index in [4.69, 9.17) is 49.4 Å². The fraction of sp³-hybridized carbons (Fsp3) is 0.536. The van der Waals surface area contributed by atoms with E-state index in [-0.39, 0.29) is 64.7 Å². The van der Waals surface area contributed by atoms with Gasteiger partial charge in [-0.15, -0.1) is 0 Å². The third kappa shape index (κ3) is 10.1. The second-order valence-electron chi connectivity index (χ2n) is 19.5. The van der Waals surface area contributed by atoms with Gasteiger partial charge in [0.15, 0.2) is 11.3 Å². The van der Waals surface area contributed by atoms with Crippen LogP contribution in [0.3, 0.4) is 0 Å². The number of hydrogen-bond donors (Lipinski definition) is 2. The third-order valence-electron chi connectivity index (χ3n) is 15.3. The van der Waals surface area contributed by atoms with Gasteiger partial charge in [0.2, 0.25) is 0 Å². The van der Waals surface area contributed by atoms with Crippen molar-refractivity contribution in [3.8, 4) is 23.0 Å². The molecule has 0 aromatic heterocycles. The van der Waals surface area contributed by atoms with E-state index in [0.717, 1.165) is 98.3 Å². The van der Waals surface area contributed by atoms with E-state index in [1.807, 2.05) is 105 Å². The Labute approximate surface area is 435 Å². The Kier molecular flexibility index (Phi) is 17.0. The molecule has 4 amide bonds. The highest BCUT2D eigenvalue weighted by Gasteiger charge is 2.81. The molecule has 2 fully saturated rings. The number of rotatable bonds is 10. The van der Waals surface area contributed by atoms with E-state index in [0.29, 0.717) is 88.9 Å². The molecule has 18 heteroatoms. The number of ether oxygens (including phenoxy) is 8. The van der Waals surface area contributed by atoms with Crippen LogP contribution in [0.15, 0.2) is 84.9 Å². The molecule has 398 valence electrons. The van der Waals surface area contributed by atoms with Gasteiger partial charge >= 0.3 is 12.1 Å². The predicted octanol–water partition coefficient (Wildman–Crippen LogP) is 5.29. The summed E-state index contributed by atoms with van der Waals surface area (Å²) in [6.07, 6.45) is 3.87. The molecule has 6 aliphatic rings. The van der Waals surface area contributed by atoms with Crippen molar-refractivity contribution in [1.29, 1.82) is 0 Å². The molecule has 74 heavy (non-hydrogen) atoms. The zero-order valence-electron chi connectivity index (χ0n) is 42.8. The lowest BCUT2D eigenvalue weighted by molar-refractivity contribution is -0.0796. The average molecular weight is 1020 g/mol. The number of nitrogens with zero attached hydrogens (tertiary/aromatic N) is 6. The van der Waals surface area contributed by atoms with Crippen molar-refractivity contribution in [1.82, 2.24) is 29.4 Å². The van der Waals surface area contributed by atoms with Crippen LogP contribution in [0, 0.1) is 0 Å². The van der Waals surface area contributed by atoms with E-state index >= 15 is 9.59 Å². The SMILES string of the molecule is NCCCCN1CCOCCOc2ccc3c4c2CN2C(=O)N5Cc6c(ccc(c6CN6C(=O)N(C4)C2(c2ccccc2)C56c2ccccc2)OCCOCCN(CCCCN)CCOCCO3)OCCOCC1. The molecule has 10 rings (SSSR count). The number of carbonyl (C=O) groups is 2. The lowest BCUT2D eigenvalue weighted by atomic mass is 9.79. The quantitative estimate of drug-likeness (QED) is 0.196. The van der Waals surface area contributed by atoms with Gasteiger partial charge in [0.05, 0.1) is 79.0 Å². The van der Waals surface area contributed by atoms with Gasteiger partial charge in [0.1, 0.15) is 49.4 Å². The lowest BCUT2D eigenvalue weighted by Crippen LogP contribution is -2.62. The molecule has 4 aromatic rings. The fourth-order valence-corrected chi connectivity index (χ4v) is 11.8. The van der Waals surface area contributed by atoms with Crippen LogP contribution < -0.4 is 30.4 Å². The Balaban J connectivity index is 1.13. The van der Waals surface area contributed by atoms with Gasteiger partial charge in [0, 0.05) is 59.6 Å². The second kappa shape index (κ2) is 24.3. The van der Waals surface area contributed by atoms with Gasteiger partial charge in [0.25, 0.3) is 0 Å². The molecule has 0 atom stereocenters. The van der Waals surface area contributed by atoms with E-state index in [1.165, 1.54) is 0 Å². The van der Waals surface area contributed by atoms with Gasteiger partial charge in [-0.25, -0.2) is 9.59 Å². The van der Waals surface area contributed by atoms with Crippen LogP contribution in [-0.2, 0) is 56.5 Å². The fourth-order valence-electron chi connectivity index (χ4n) is 11.8. The van der Waals surface area contributed by atoms with Gasteiger partial charge in [-0.05, 0) is 76.1 Å². The highest BCUT2D eigenvalue weighted by atomic mass is 16.5. The van der Waals surface area contributed by atoms with Crippen molar-refractivity contribution >= 4 is 12.1 Å². The smallest absolute Gasteiger partial charge is 0.325 e. The van der Waals surface area contributed by atoms with E-state index in [1.54, 1.807) is 0 Å². The standard InChI is InChI=1S/C56H74N8O10/c57-19-7-9-21-59-23-27-67-31-35-71-49-15-16-50-46-40-62-54(66)64-42-48-47(41-63-53(65)61(39-45(46)49)55(62,43-11-3-1-4-12-43)56(63,64)44-13-5-2-6-14-44)51(73-37-33-69-29-25-59)17-18-52(48)74-38-34-70-30-26-60(22-10-8-20-58)24-28-68-32-36-72-50/h1-6,11-18H,7-10,19-42,57-58H2. The minimum absolute atomic E-state index is 0.101. The maximum Gasteiger partial charge on any atom is 0.325 e. The molecule has 0 aliphatic carbocycles. The summed E-state index contributed by atoms with van der Waals surface area (Å²) in [6, 6.07) is 27.2. The van der Waals surface area contributed by atoms with Crippen molar-refractivity contribution in [2.24, 2.45) is 11.5 Å². The number of unbranched alkanes of at least 4 members (excludes halogenated alkanes) is 2. The zero-order valence-corrected chi connectivity index (χ0v) is 42.8. The molecular weight excluding hydrogens is 945 g/mol. The van der Waals surface area contributed by atoms with Crippen LogP contribution in [0.5, 0.6) is 23.0 Å². The Morgan fingerprint density at radius 1 is 0.378 bits per heavy atom. The molecule has 0 saturated carbocycles. The minimum atomic E-state index is -1.42. The Hall–Kier alpha value is -5.70. The van der Waals surface area contributed by atoms with E-state index in [2.05, 4.69) is 9.80 Å². The summed E-state index contributed by atoms with van der Waals surface area (Å²) in [5.41, 5.74) is 13.5. The largest absolute Gasteiger partial charge is 0.491 e. The highest BCUT2D eigenvalue weighted by Crippen LogP contribution is 2.66. The normalized spacial score (nSPS) is 23.6. The number of nitrogens with two attached hydrogens (primary N) is 2. The number of amides is 4. The third-order valence-corrected chi connectivity index (χ3v) is 15.3. The summed E-state index contributed by atoms with van der Waals surface area (Å²) >= 11 is 0. The first-order chi connectivity index (χ1) is 36.5. The lowest BCUT2D eigenvalue weighted by Gasteiger charge is -2.49. The maximum atomic E-state index is 16.3. The summed E-state index contributed by atoms with van der Waals surface area (Å²) in [4.78, 5) is 45.0. The zero-order chi connectivity index (χ0) is 50.7. The first-order valence-electron chi connectivity index (χ1n) is 26.8. The van der Waals surface area contributed by atoms with E-state index in [9.17, 15) is 0 Å². The Bertz CT molecular complexity index is 2220. The summed E-state index contributed by atoms with van der Waals surface area (Å²) in [7, 11) is 0. The Morgan fingerprint density at radius 3 is 0.959 bits per heavy atom. The van der Waals surface area contributed by atoms with Crippen molar-refractivity contribution in [3.63, 3.8) is 0 Å². The minimum Gasteiger partial charge on any atom is -0.491 e. The summed E-state index contributed by atoms with van der Waals surface area (Å²) in [5.74, 6) is 2.37. The van der Waals surface area contributed by atoms with Crippen LogP contribution in [0.4, 0.5) is 9.59 Å². The number of hydrogen-bond acceptors (Lipinski definition) is 14. The molecule has 0 unspecified atom stereocenters. The molecule has 4 aromatic carbocycles. The van der Waals surface area contributed by atoms with Crippen LogP contribution in [0.2, 0.25) is 0 Å². The predicted molar refractivity (Wildman–Crippen MR) is 277 cm³/mol. The summed E-state index contributed by atoms with van der Waals surface area (Å²) < 4.78 is 51.7. The molecular formula is C56H74N8O10. The van der Waals surface area contributed by atoms with Crippen molar-refractivity contribution in [2.75, 3.05) is 132 Å². The molecule has 18 nitrogen and oxygen atoms in total. The second-order valence-corrected chi connectivity index (χ2v) is 19.5. The monoisotopic (exact) mass is 1020 g/mol. The summed E-state index contributed by atoms with van der Waals surface area (Å²) in [6.45, 7) is 10.9. The van der Waals surface area contributed by atoms with Crippen LogP contribution in [-0.4, -0.2) is 173 Å². The summed E-state index contributed by atoms with van der Waals surface area (Å²) in [5, 5.41) is 0. The maximum absolute atomic E-state index is 16.3. The first kappa shape index (κ1) is 51.8.